The fourth-order valence-corrected chi connectivity index (χ4v) is 3.61. The zero-order chi connectivity index (χ0) is 20.5. The van der Waals surface area contributed by atoms with Gasteiger partial charge in [-0.25, -0.2) is 9.59 Å². The van der Waals surface area contributed by atoms with E-state index in [4.69, 9.17) is 9.47 Å². The Kier molecular flexibility index (Phi) is 5.45. The van der Waals surface area contributed by atoms with E-state index in [1.54, 1.807) is 11.0 Å². The van der Waals surface area contributed by atoms with Crippen LogP contribution in [0.1, 0.15) is 59.4 Å². The van der Waals surface area contributed by atoms with Crippen LogP contribution in [-0.4, -0.2) is 36.2 Å². The quantitative estimate of drug-likeness (QED) is 0.710. The number of amides is 1. The molecule has 0 N–H and O–H groups in total. The number of fused-ring (bicyclic) bond motifs is 1. The van der Waals surface area contributed by atoms with Gasteiger partial charge in [-0.2, -0.15) is 0 Å². The molecule has 0 unspecified atom stereocenters. The summed E-state index contributed by atoms with van der Waals surface area (Å²) in [5.41, 5.74) is 4.07. The van der Waals surface area contributed by atoms with E-state index in [-0.39, 0.29) is 18.1 Å². The van der Waals surface area contributed by atoms with Crippen LogP contribution in [0.3, 0.4) is 0 Å². The normalized spacial score (nSPS) is 16.3. The first-order valence-corrected chi connectivity index (χ1v) is 9.47. The van der Waals surface area contributed by atoms with E-state index in [9.17, 15) is 9.59 Å². The number of methoxy groups -OCH3 is 1. The van der Waals surface area contributed by atoms with E-state index in [0.717, 1.165) is 22.3 Å². The molecule has 2 aromatic rings. The summed E-state index contributed by atoms with van der Waals surface area (Å²) < 4.78 is 10.6. The van der Waals surface area contributed by atoms with Gasteiger partial charge >= 0.3 is 12.1 Å². The Balaban J connectivity index is 2.13. The topological polar surface area (TPSA) is 55.8 Å². The molecule has 28 heavy (non-hydrogen) atoms. The first-order valence-electron chi connectivity index (χ1n) is 9.47. The smallest absolute Gasteiger partial charge is 0.411 e. The van der Waals surface area contributed by atoms with Gasteiger partial charge in [-0.15, -0.1) is 0 Å². The molecule has 1 heterocycles. The summed E-state index contributed by atoms with van der Waals surface area (Å²) in [6.07, 6.45) is 0.355. The predicted octanol–water partition coefficient (Wildman–Crippen LogP) is 4.66. The second kappa shape index (κ2) is 7.66. The van der Waals surface area contributed by atoms with Crippen LogP contribution in [-0.2, 0) is 15.9 Å². The van der Waals surface area contributed by atoms with Crippen molar-refractivity contribution >= 4 is 12.1 Å². The van der Waals surface area contributed by atoms with Crippen LogP contribution in [0.15, 0.2) is 42.5 Å². The monoisotopic (exact) mass is 381 g/mol. The first-order chi connectivity index (χ1) is 13.2. The third-order valence-electron chi connectivity index (χ3n) is 4.91. The molecular formula is C23H27NO4. The molecule has 0 aliphatic carbocycles. The second-order valence-electron chi connectivity index (χ2n) is 8.09. The minimum atomic E-state index is -0.582. The van der Waals surface area contributed by atoms with Crippen molar-refractivity contribution in [2.45, 2.75) is 45.8 Å². The standard InChI is InChI=1S/C23H27NO4/c1-15-8-6-7-9-18(15)20-19-14-17(21(25)27-5)11-10-16(19)12-13-24(20)22(26)28-23(2,3)4/h6-11,14,20H,12-13H2,1-5H3/t20-/m0/s1. The van der Waals surface area contributed by atoms with E-state index in [0.29, 0.717) is 18.5 Å². The van der Waals surface area contributed by atoms with Gasteiger partial charge in [-0.1, -0.05) is 30.3 Å². The Labute approximate surface area is 166 Å². The summed E-state index contributed by atoms with van der Waals surface area (Å²) in [4.78, 5) is 26.9. The number of hydrogen-bond acceptors (Lipinski definition) is 4. The maximum Gasteiger partial charge on any atom is 0.411 e. The summed E-state index contributed by atoms with van der Waals surface area (Å²) in [5.74, 6) is -0.388. The fraction of sp³-hybridized carbons (Fsp3) is 0.391. The van der Waals surface area contributed by atoms with Crippen LogP contribution in [0.4, 0.5) is 4.79 Å². The average Bonchev–Trinajstić information content (AvgIpc) is 2.65. The number of aryl methyl sites for hydroxylation is 1. The number of benzene rings is 2. The van der Waals surface area contributed by atoms with Crippen molar-refractivity contribution < 1.29 is 19.1 Å². The van der Waals surface area contributed by atoms with Gasteiger partial charge in [0.25, 0.3) is 0 Å². The number of carbonyl (C=O) groups is 2. The molecule has 5 heteroatoms. The van der Waals surface area contributed by atoms with Crippen molar-refractivity contribution in [3.05, 3.63) is 70.3 Å². The third-order valence-corrected chi connectivity index (χ3v) is 4.91. The van der Waals surface area contributed by atoms with Crippen LogP contribution in [0, 0.1) is 6.92 Å². The van der Waals surface area contributed by atoms with Gasteiger partial charge in [-0.05, 0) is 68.5 Å². The highest BCUT2D eigenvalue weighted by molar-refractivity contribution is 5.89. The lowest BCUT2D eigenvalue weighted by molar-refractivity contribution is 0.0178. The van der Waals surface area contributed by atoms with Crippen molar-refractivity contribution in [3.8, 4) is 0 Å². The zero-order valence-electron chi connectivity index (χ0n) is 17.1. The van der Waals surface area contributed by atoms with Crippen LogP contribution >= 0.6 is 0 Å². The van der Waals surface area contributed by atoms with Crippen molar-refractivity contribution in [2.75, 3.05) is 13.7 Å². The van der Waals surface area contributed by atoms with Gasteiger partial charge in [0.2, 0.25) is 0 Å². The van der Waals surface area contributed by atoms with Crippen LogP contribution in [0.5, 0.6) is 0 Å². The van der Waals surface area contributed by atoms with Gasteiger partial charge in [0, 0.05) is 6.54 Å². The molecule has 5 nitrogen and oxygen atoms in total. The van der Waals surface area contributed by atoms with Gasteiger partial charge in [0.1, 0.15) is 5.60 Å². The Hall–Kier alpha value is -2.82. The van der Waals surface area contributed by atoms with Crippen molar-refractivity contribution in [1.29, 1.82) is 0 Å². The summed E-state index contributed by atoms with van der Waals surface area (Å²) in [6, 6.07) is 13.3. The van der Waals surface area contributed by atoms with E-state index in [1.165, 1.54) is 7.11 Å². The van der Waals surface area contributed by atoms with E-state index in [2.05, 4.69) is 0 Å². The second-order valence-corrected chi connectivity index (χ2v) is 8.09. The van der Waals surface area contributed by atoms with Gasteiger partial charge in [0.05, 0.1) is 18.7 Å². The summed E-state index contributed by atoms with van der Waals surface area (Å²) in [6.45, 7) is 8.17. The van der Waals surface area contributed by atoms with E-state index in [1.807, 2.05) is 64.1 Å². The highest BCUT2D eigenvalue weighted by Gasteiger charge is 2.35. The van der Waals surface area contributed by atoms with Crippen molar-refractivity contribution in [2.24, 2.45) is 0 Å². The lowest BCUT2D eigenvalue weighted by Crippen LogP contribution is -2.43. The van der Waals surface area contributed by atoms with Crippen molar-refractivity contribution in [3.63, 3.8) is 0 Å². The molecule has 148 valence electrons. The molecule has 0 fully saturated rings. The van der Waals surface area contributed by atoms with Crippen LogP contribution in [0.25, 0.3) is 0 Å². The molecule has 0 aromatic heterocycles. The molecule has 1 aliphatic heterocycles. The summed E-state index contributed by atoms with van der Waals surface area (Å²) in [5, 5.41) is 0. The fourth-order valence-electron chi connectivity index (χ4n) is 3.61. The number of rotatable bonds is 2. The molecule has 1 aliphatic rings. The first kappa shape index (κ1) is 19.9. The Morgan fingerprint density at radius 3 is 2.43 bits per heavy atom. The van der Waals surface area contributed by atoms with E-state index >= 15 is 0 Å². The molecule has 1 atom stereocenters. The number of nitrogens with zero attached hydrogens (tertiary/aromatic N) is 1. The summed E-state index contributed by atoms with van der Waals surface area (Å²) >= 11 is 0. The van der Waals surface area contributed by atoms with Crippen molar-refractivity contribution in [1.82, 2.24) is 4.90 Å². The number of hydrogen-bond donors (Lipinski definition) is 0. The maximum atomic E-state index is 13.0. The largest absolute Gasteiger partial charge is 0.465 e. The van der Waals surface area contributed by atoms with Crippen LogP contribution in [0.2, 0.25) is 0 Å². The maximum absolute atomic E-state index is 13.0. The lowest BCUT2D eigenvalue weighted by Gasteiger charge is -2.39. The SMILES string of the molecule is COC(=O)c1ccc2c(c1)[C@H](c1ccccc1C)N(C(=O)OC(C)(C)C)CC2. The molecule has 0 spiro atoms. The molecule has 1 amide bonds. The highest BCUT2D eigenvalue weighted by atomic mass is 16.6. The molecule has 0 saturated carbocycles. The predicted molar refractivity (Wildman–Crippen MR) is 107 cm³/mol. The molecule has 0 saturated heterocycles. The Bertz CT molecular complexity index is 898. The third kappa shape index (κ3) is 4.03. The highest BCUT2D eigenvalue weighted by Crippen LogP contribution is 2.38. The lowest BCUT2D eigenvalue weighted by atomic mass is 9.85. The molecule has 3 rings (SSSR count). The van der Waals surface area contributed by atoms with Gasteiger partial charge < -0.3 is 9.47 Å². The Morgan fingerprint density at radius 2 is 1.79 bits per heavy atom. The number of ether oxygens (including phenoxy) is 2. The van der Waals surface area contributed by atoms with Crippen LogP contribution < -0.4 is 0 Å². The van der Waals surface area contributed by atoms with E-state index < -0.39 is 5.60 Å². The zero-order valence-corrected chi connectivity index (χ0v) is 17.1. The molecular weight excluding hydrogens is 354 g/mol. The number of carbonyl (C=O) groups excluding carboxylic acids is 2. The summed E-state index contributed by atoms with van der Waals surface area (Å²) in [7, 11) is 1.37. The average molecular weight is 381 g/mol. The van der Waals surface area contributed by atoms with Gasteiger partial charge in [-0.3, -0.25) is 4.90 Å². The molecule has 2 aromatic carbocycles. The van der Waals surface area contributed by atoms with Gasteiger partial charge in [0.15, 0.2) is 0 Å². The molecule has 0 radical (unpaired) electrons. The minimum Gasteiger partial charge on any atom is -0.465 e. The minimum absolute atomic E-state index is 0.315. The number of esters is 1. The molecule has 0 bridgehead atoms. The Morgan fingerprint density at radius 1 is 1.07 bits per heavy atom.